The van der Waals surface area contributed by atoms with Crippen molar-refractivity contribution in [3.05, 3.63) is 60.4 Å². The summed E-state index contributed by atoms with van der Waals surface area (Å²) in [5.41, 5.74) is 2.67. The van der Waals surface area contributed by atoms with Crippen molar-refractivity contribution in [1.29, 1.82) is 0 Å². The molecule has 1 aromatic carbocycles. The molecule has 39 heavy (non-hydrogen) atoms. The Morgan fingerprint density at radius 3 is 2.64 bits per heavy atom. The van der Waals surface area contributed by atoms with E-state index in [2.05, 4.69) is 25.4 Å². The number of amides is 1. The van der Waals surface area contributed by atoms with E-state index < -0.39 is 27.9 Å². The fourth-order valence-corrected chi connectivity index (χ4v) is 6.17. The second kappa shape index (κ2) is 10.3. The number of cyclic esters (lactones) is 1. The van der Waals surface area contributed by atoms with Crippen molar-refractivity contribution in [3.63, 3.8) is 0 Å². The lowest BCUT2D eigenvalue weighted by atomic mass is 10.0. The van der Waals surface area contributed by atoms with E-state index in [0.717, 1.165) is 0 Å². The Morgan fingerprint density at radius 1 is 1.08 bits per heavy atom. The second-order valence-electron chi connectivity index (χ2n) is 9.76. The largest absolute Gasteiger partial charge is 0.442 e. The third kappa shape index (κ3) is 5.61. The molecule has 2 fully saturated rings. The summed E-state index contributed by atoms with van der Waals surface area (Å²) in [6.45, 7) is 2.23. The van der Waals surface area contributed by atoms with Gasteiger partial charge in [0.1, 0.15) is 23.7 Å². The number of benzene rings is 1. The monoisotopic (exact) mass is 555 g/mol. The topological polar surface area (TPSA) is 132 Å². The van der Waals surface area contributed by atoms with E-state index in [1.807, 2.05) is 0 Å². The van der Waals surface area contributed by atoms with E-state index in [1.54, 1.807) is 47.5 Å². The van der Waals surface area contributed by atoms with Crippen molar-refractivity contribution in [1.82, 2.24) is 24.9 Å². The van der Waals surface area contributed by atoms with Crippen molar-refractivity contribution in [3.8, 4) is 11.1 Å². The number of ether oxygens (including phenoxy) is 1. The van der Waals surface area contributed by atoms with Crippen LogP contribution in [-0.4, -0.2) is 95.0 Å². The number of aromatic nitrogens is 4. The predicted octanol–water partition coefficient (Wildman–Crippen LogP) is 1.73. The van der Waals surface area contributed by atoms with Crippen LogP contribution in [0.15, 0.2) is 54.1 Å². The zero-order valence-corrected chi connectivity index (χ0v) is 21.7. The summed E-state index contributed by atoms with van der Waals surface area (Å²) in [7, 11) is -2.93. The van der Waals surface area contributed by atoms with Crippen molar-refractivity contribution >= 4 is 27.3 Å². The normalized spacial score (nSPS) is 22.9. The maximum atomic E-state index is 15.1. The first-order chi connectivity index (χ1) is 18.8. The van der Waals surface area contributed by atoms with Gasteiger partial charge in [-0.2, -0.15) is 0 Å². The Balaban J connectivity index is 1.07. The zero-order chi connectivity index (χ0) is 27.0. The molecule has 0 aliphatic carbocycles. The highest BCUT2D eigenvalue weighted by Gasteiger charge is 2.33. The predicted molar refractivity (Wildman–Crippen MR) is 138 cm³/mol. The molecule has 0 unspecified atom stereocenters. The van der Waals surface area contributed by atoms with Gasteiger partial charge in [-0.05, 0) is 24.3 Å². The average molecular weight is 556 g/mol. The van der Waals surface area contributed by atoms with Gasteiger partial charge in [-0.1, -0.05) is 16.4 Å². The molecule has 14 heteroatoms. The first kappa shape index (κ1) is 25.4. The van der Waals surface area contributed by atoms with Gasteiger partial charge in [0, 0.05) is 49.6 Å². The van der Waals surface area contributed by atoms with E-state index in [9.17, 15) is 13.2 Å². The molecule has 3 aliphatic heterocycles. The Bertz CT molecular complexity index is 1480. The molecule has 2 saturated heterocycles. The van der Waals surface area contributed by atoms with Gasteiger partial charge >= 0.3 is 6.09 Å². The van der Waals surface area contributed by atoms with Crippen LogP contribution < -0.4 is 4.90 Å². The molecule has 0 saturated carbocycles. The van der Waals surface area contributed by atoms with Gasteiger partial charge in [-0.25, -0.2) is 22.3 Å². The average Bonchev–Trinajstić information content (AvgIpc) is 3.68. The van der Waals surface area contributed by atoms with Crippen molar-refractivity contribution in [2.45, 2.75) is 25.2 Å². The van der Waals surface area contributed by atoms with E-state index in [-0.39, 0.29) is 24.2 Å². The van der Waals surface area contributed by atoms with Gasteiger partial charge in [-0.3, -0.25) is 14.8 Å². The van der Waals surface area contributed by atoms with Crippen molar-refractivity contribution in [2.75, 3.05) is 42.6 Å². The number of halogens is 1. The highest BCUT2D eigenvalue weighted by molar-refractivity contribution is 7.91. The van der Waals surface area contributed by atoms with Gasteiger partial charge in [0.05, 0.1) is 42.2 Å². The molecule has 0 radical (unpaired) electrons. The van der Waals surface area contributed by atoms with Crippen LogP contribution in [0.25, 0.3) is 11.1 Å². The van der Waals surface area contributed by atoms with Crippen LogP contribution in [0.2, 0.25) is 0 Å². The number of rotatable bonds is 7. The number of anilines is 1. The van der Waals surface area contributed by atoms with Crippen LogP contribution in [0.1, 0.15) is 12.1 Å². The minimum atomic E-state index is -2.93. The summed E-state index contributed by atoms with van der Waals surface area (Å²) < 4.78 is 45.4. The quantitative estimate of drug-likeness (QED) is 0.428. The van der Waals surface area contributed by atoms with Gasteiger partial charge < -0.3 is 9.57 Å². The van der Waals surface area contributed by atoms with Gasteiger partial charge in [0.2, 0.25) is 0 Å². The standard InChI is InChI=1S/C25H26FN7O5S/c26-22-11-18(33-16-20(37-25(33)34)15-32-6-5-28-30-32)2-3-21(22)17-1-4-23(27-13-17)24-12-19(38-29-24)14-31-7-9-39(35,36)10-8-31/h1-6,11,13,19-20H,7-10,12,14-16H2/t19-,20-/m0/s1. The molecule has 12 nitrogen and oxygen atoms in total. The highest BCUT2D eigenvalue weighted by Crippen LogP contribution is 2.29. The van der Waals surface area contributed by atoms with E-state index >= 15 is 4.39 Å². The Morgan fingerprint density at radius 2 is 1.92 bits per heavy atom. The lowest BCUT2D eigenvalue weighted by Crippen LogP contribution is -2.43. The number of carbonyl (C=O) groups excluding carboxylic acids is 1. The summed E-state index contributed by atoms with van der Waals surface area (Å²) in [6, 6.07) is 8.15. The van der Waals surface area contributed by atoms with Crippen LogP contribution in [0.5, 0.6) is 0 Å². The summed E-state index contributed by atoms with van der Waals surface area (Å²) in [5, 5.41) is 11.8. The Labute approximate surface area is 223 Å². The maximum Gasteiger partial charge on any atom is 0.414 e. The molecule has 6 rings (SSSR count). The SMILES string of the molecule is O=C1O[C@@H](Cn2ccnn2)CN1c1ccc(-c2ccc(C3=NO[C@H](CN4CCS(=O)(=O)CC4)C3)nc2)c(F)c1. The first-order valence-electron chi connectivity index (χ1n) is 12.6. The summed E-state index contributed by atoms with van der Waals surface area (Å²) in [5.74, 6) is -0.152. The smallest absolute Gasteiger partial charge is 0.414 e. The number of oxime groups is 1. The fraction of sp³-hybridized carbons (Fsp3) is 0.400. The summed E-state index contributed by atoms with van der Waals surface area (Å²) in [6.07, 6.45) is 4.24. The van der Waals surface area contributed by atoms with Crippen LogP contribution in [0.3, 0.4) is 0 Å². The van der Waals surface area contributed by atoms with Crippen molar-refractivity contribution < 1.29 is 27.2 Å². The number of hydrogen-bond acceptors (Lipinski definition) is 10. The van der Waals surface area contributed by atoms with Crippen LogP contribution in [0.4, 0.5) is 14.9 Å². The highest BCUT2D eigenvalue weighted by atomic mass is 32.2. The molecule has 0 N–H and O–H groups in total. The van der Waals surface area contributed by atoms with E-state index in [0.29, 0.717) is 60.8 Å². The number of carbonyl (C=O) groups is 1. The Kier molecular flexibility index (Phi) is 6.73. The number of nitrogens with zero attached hydrogens (tertiary/aromatic N) is 7. The third-order valence-corrected chi connectivity index (χ3v) is 8.61. The molecule has 3 aromatic rings. The molecule has 1 amide bonds. The Hall–Kier alpha value is -3.91. The molecule has 204 valence electrons. The van der Waals surface area contributed by atoms with E-state index in [1.165, 1.54) is 11.0 Å². The molecule has 2 atom stereocenters. The molecule has 0 bridgehead atoms. The lowest BCUT2D eigenvalue weighted by molar-refractivity contribution is 0.0549. The summed E-state index contributed by atoms with van der Waals surface area (Å²) >= 11 is 0. The number of hydrogen-bond donors (Lipinski definition) is 0. The molecule has 0 spiro atoms. The molecular formula is C25H26FN7O5S. The van der Waals surface area contributed by atoms with Gasteiger partial charge in [-0.15, -0.1) is 5.10 Å². The molecule has 5 heterocycles. The molecule has 2 aromatic heterocycles. The first-order valence-corrected chi connectivity index (χ1v) is 14.4. The number of sulfone groups is 1. The third-order valence-electron chi connectivity index (χ3n) is 7.00. The summed E-state index contributed by atoms with van der Waals surface area (Å²) in [4.78, 5) is 25.9. The maximum absolute atomic E-state index is 15.1. The van der Waals surface area contributed by atoms with Gasteiger partial charge in [0.15, 0.2) is 9.84 Å². The zero-order valence-electron chi connectivity index (χ0n) is 20.9. The van der Waals surface area contributed by atoms with Gasteiger partial charge in [0.25, 0.3) is 0 Å². The fourth-order valence-electron chi connectivity index (χ4n) is 4.89. The van der Waals surface area contributed by atoms with Crippen molar-refractivity contribution in [2.24, 2.45) is 5.16 Å². The molecular weight excluding hydrogens is 529 g/mol. The van der Waals surface area contributed by atoms with Crippen LogP contribution in [0, 0.1) is 5.82 Å². The minimum absolute atomic E-state index is 0.166. The lowest BCUT2D eigenvalue weighted by Gasteiger charge is -2.27. The van der Waals surface area contributed by atoms with E-state index in [4.69, 9.17) is 9.57 Å². The minimum Gasteiger partial charge on any atom is -0.442 e. The van der Waals surface area contributed by atoms with Crippen LogP contribution >= 0.6 is 0 Å². The second-order valence-corrected chi connectivity index (χ2v) is 12.1. The number of pyridine rings is 1. The van der Waals surface area contributed by atoms with Crippen LogP contribution in [-0.2, 0) is 26.0 Å². The molecule has 3 aliphatic rings.